The summed E-state index contributed by atoms with van der Waals surface area (Å²) in [5.41, 5.74) is 0.690. The Kier molecular flexibility index (Phi) is 6.44. The molecule has 2 aromatic carbocycles. The summed E-state index contributed by atoms with van der Waals surface area (Å²) in [6.07, 6.45) is -0.684. The van der Waals surface area contributed by atoms with Crippen LogP contribution in [0.5, 0.6) is 5.75 Å². The topological polar surface area (TPSA) is 80.6 Å². The molecule has 2 N–H and O–H groups in total. The first-order valence-electron chi connectivity index (χ1n) is 9.36. The Labute approximate surface area is 174 Å². The van der Waals surface area contributed by atoms with Gasteiger partial charge in [-0.3, -0.25) is 4.79 Å². The van der Waals surface area contributed by atoms with Crippen LogP contribution in [0.25, 0.3) is 11.0 Å². The van der Waals surface area contributed by atoms with Crippen LogP contribution in [0.3, 0.4) is 0 Å². The van der Waals surface area contributed by atoms with Crippen LogP contribution in [-0.2, 0) is 4.79 Å². The number of carbonyl (C=O) groups is 2. The van der Waals surface area contributed by atoms with Crippen molar-refractivity contribution in [1.29, 1.82) is 0 Å². The molecule has 0 radical (unpaired) electrons. The standard InChI is InChI=1S/C22H23ClN2O4/c1-13(2)20(25-22(27)28-17-7-5-4-6-8-17)21(26)24-14(3)19-12-15-11-16(23)9-10-18(15)29-19/h4-14,20H,1-3H3,(H,24,26)(H,25,27)/t14?,20-/m0/s1. The molecule has 0 saturated heterocycles. The van der Waals surface area contributed by atoms with Gasteiger partial charge in [-0.25, -0.2) is 4.79 Å². The summed E-state index contributed by atoms with van der Waals surface area (Å²) in [5, 5.41) is 6.99. The molecule has 2 amide bonds. The normalized spacial score (nSPS) is 13.1. The van der Waals surface area contributed by atoms with Gasteiger partial charge in [-0.05, 0) is 49.2 Å². The number of nitrogens with one attached hydrogen (secondary N) is 2. The van der Waals surface area contributed by atoms with E-state index in [0.29, 0.717) is 22.1 Å². The summed E-state index contributed by atoms with van der Waals surface area (Å²) in [6, 6.07) is 14.7. The van der Waals surface area contributed by atoms with E-state index in [2.05, 4.69) is 10.6 Å². The first-order valence-corrected chi connectivity index (χ1v) is 9.74. The number of hydrogen-bond donors (Lipinski definition) is 2. The first kappa shape index (κ1) is 20.7. The molecule has 6 nitrogen and oxygen atoms in total. The number of ether oxygens (including phenoxy) is 1. The highest BCUT2D eigenvalue weighted by molar-refractivity contribution is 6.31. The van der Waals surface area contributed by atoms with Crippen LogP contribution in [0.15, 0.2) is 59.0 Å². The Balaban J connectivity index is 1.65. The number of carbonyl (C=O) groups excluding carboxylic acids is 2. The number of rotatable bonds is 6. The Bertz CT molecular complexity index is 1000. The highest BCUT2D eigenvalue weighted by Gasteiger charge is 2.27. The van der Waals surface area contributed by atoms with Crippen molar-refractivity contribution in [3.05, 3.63) is 65.4 Å². The number of halogens is 1. The Morgan fingerprint density at radius 1 is 1.00 bits per heavy atom. The maximum Gasteiger partial charge on any atom is 0.413 e. The molecule has 7 heteroatoms. The predicted octanol–water partition coefficient (Wildman–Crippen LogP) is 5.08. The summed E-state index contributed by atoms with van der Waals surface area (Å²) in [6.45, 7) is 5.51. The molecule has 0 aliphatic heterocycles. The zero-order valence-corrected chi connectivity index (χ0v) is 17.2. The Morgan fingerprint density at radius 2 is 1.72 bits per heavy atom. The molecular weight excluding hydrogens is 392 g/mol. The fourth-order valence-electron chi connectivity index (χ4n) is 2.91. The minimum absolute atomic E-state index is 0.139. The van der Waals surface area contributed by atoms with Crippen LogP contribution in [0.4, 0.5) is 4.79 Å². The third-order valence-corrected chi connectivity index (χ3v) is 4.69. The lowest BCUT2D eigenvalue weighted by atomic mass is 10.0. The van der Waals surface area contributed by atoms with Crippen molar-refractivity contribution in [3.63, 3.8) is 0 Å². The van der Waals surface area contributed by atoms with Gasteiger partial charge in [-0.2, -0.15) is 0 Å². The molecule has 3 aromatic rings. The van der Waals surface area contributed by atoms with Crippen LogP contribution in [-0.4, -0.2) is 18.0 Å². The second-order valence-electron chi connectivity index (χ2n) is 7.13. The molecule has 1 aromatic heterocycles. The molecule has 1 heterocycles. The van der Waals surface area contributed by atoms with E-state index < -0.39 is 12.1 Å². The molecule has 1 unspecified atom stereocenters. The SMILES string of the molecule is CC(NC(=O)[C@@H](NC(=O)Oc1ccccc1)C(C)C)c1cc2cc(Cl)ccc2o1. The van der Waals surface area contributed by atoms with Crippen LogP contribution < -0.4 is 15.4 Å². The van der Waals surface area contributed by atoms with Crippen LogP contribution in [0.2, 0.25) is 5.02 Å². The second-order valence-corrected chi connectivity index (χ2v) is 7.57. The number of furan rings is 1. The summed E-state index contributed by atoms with van der Waals surface area (Å²) < 4.78 is 11.0. The van der Waals surface area contributed by atoms with E-state index in [1.165, 1.54) is 0 Å². The zero-order valence-electron chi connectivity index (χ0n) is 16.4. The Morgan fingerprint density at radius 3 is 2.41 bits per heavy atom. The van der Waals surface area contributed by atoms with Gasteiger partial charge in [0.25, 0.3) is 0 Å². The third kappa shape index (κ3) is 5.29. The van der Waals surface area contributed by atoms with Gasteiger partial charge < -0.3 is 19.8 Å². The second kappa shape index (κ2) is 9.01. The summed E-state index contributed by atoms with van der Waals surface area (Å²) in [4.78, 5) is 25.0. The number of hydrogen-bond acceptors (Lipinski definition) is 4. The minimum Gasteiger partial charge on any atom is -0.459 e. The molecule has 0 aliphatic rings. The van der Waals surface area contributed by atoms with Crippen molar-refractivity contribution in [3.8, 4) is 5.75 Å². The lowest BCUT2D eigenvalue weighted by Gasteiger charge is -2.23. The van der Waals surface area contributed by atoms with Crippen molar-refractivity contribution in [2.75, 3.05) is 0 Å². The quantitative estimate of drug-likeness (QED) is 0.589. The molecule has 0 saturated carbocycles. The van der Waals surface area contributed by atoms with E-state index in [4.69, 9.17) is 20.8 Å². The molecule has 0 spiro atoms. The highest BCUT2D eigenvalue weighted by atomic mass is 35.5. The minimum atomic E-state index is -0.757. The van der Waals surface area contributed by atoms with Gasteiger partial charge in [-0.1, -0.05) is 43.6 Å². The average molecular weight is 415 g/mol. The van der Waals surface area contributed by atoms with Crippen molar-refractivity contribution < 1.29 is 18.7 Å². The fraction of sp³-hybridized carbons (Fsp3) is 0.273. The maximum absolute atomic E-state index is 12.8. The first-order chi connectivity index (χ1) is 13.8. The Hall–Kier alpha value is -2.99. The molecule has 3 rings (SSSR count). The fourth-order valence-corrected chi connectivity index (χ4v) is 3.09. The van der Waals surface area contributed by atoms with E-state index in [9.17, 15) is 9.59 Å². The van der Waals surface area contributed by atoms with E-state index in [1.807, 2.05) is 32.9 Å². The van der Waals surface area contributed by atoms with Crippen molar-refractivity contribution in [1.82, 2.24) is 10.6 Å². The van der Waals surface area contributed by atoms with Gasteiger partial charge >= 0.3 is 6.09 Å². The van der Waals surface area contributed by atoms with Crippen molar-refractivity contribution >= 4 is 34.6 Å². The van der Waals surface area contributed by atoms with Gasteiger partial charge in [-0.15, -0.1) is 0 Å². The number of fused-ring (bicyclic) bond motifs is 1. The third-order valence-electron chi connectivity index (χ3n) is 4.46. The summed E-state index contributed by atoms with van der Waals surface area (Å²) >= 11 is 6.01. The van der Waals surface area contributed by atoms with E-state index >= 15 is 0 Å². The van der Waals surface area contributed by atoms with Gasteiger partial charge in [0.15, 0.2) is 0 Å². The largest absolute Gasteiger partial charge is 0.459 e. The van der Waals surface area contributed by atoms with Crippen molar-refractivity contribution in [2.24, 2.45) is 5.92 Å². The maximum atomic E-state index is 12.8. The lowest BCUT2D eigenvalue weighted by molar-refractivity contribution is -0.124. The van der Waals surface area contributed by atoms with Crippen LogP contribution in [0, 0.1) is 5.92 Å². The van der Waals surface area contributed by atoms with Gasteiger partial charge in [0.2, 0.25) is 5.91 Å². The molecule has 2 atom stereocenters. The van der Waals surface area contributed by atoms with Gasteiger partial charge in [0.05, 0.1) is 6.04 Å². The van der Waals surface area contributed by atoms with Crippen molar-refractivity contribution in [2.45, 2.75) is 32.9 Å². The molecule has 29 heavy (non-hydrogen) atoms. The zero-order chi connectivity index (χ0) is 21.0. The molecule has 0 bridgehead atoms. The van der Waals surface area contributed by atoms with E-state index in [0.717, 1.165) is 5.39 Å². The highest BCUT2D eigenvalue weighted by Crippen LogP contribution is 2.26. The smallest absolute Gasteiger partial charge is 0.413 e. The molecule has 152 valence electrons. The van der Waals surface area contributed by atoms with Gasteiger partial charge in [0.1, 0.15) is 23.1 Å². The molecule has 0 aliphatic carbocycles. The van der Waals surface area contributed by atoms with Crippen LogP contribution >= 0.6 is 11.6 Å². The number of amides is 2. The lowest BCUT2D eigenvalue weighted by Crippen LogP contribution is -2.50. The van der Waals surface area contributed by atoms with Crippen LogP contribution in [0.1, 0.15) is 32.6 Å². The molecule has 0 fully saturated rings. The number of para-hydroxylation sites is 1. The van der Waals surface area contributed by atoms with E-state index in [-0.39, 0.29) is 17.9 Å². The summed E-state index contributed by atoms with van der Waals surface area (Å²) in [5.74, 6) is 0.545. The van der Waals surface area contributed by atoms with E-state index in [1.54, 1.807) is 42.5 Å². The average Bonchev–Trinajstić information content (AvgIpc) is 3.10. The number of benzene rings is 2. The predicted molar refractivity (Wildman–Crippen MR) is 112 cm³/mol. The van der Waals surface area contributed by atoms with Gasteiger partial charge in [0, 0.05) is 10.4 Å². The summed E-state index contributed by atoms with van der Waals surface area (Å²) in [7, 11) is 0. The molecular formula is C22H23ClN2O4. The monoisotopic (exact) mass is 414 g/mol.